The van der Waals surface area contributed by atoms with Crippen LogP contribution in [0.3, 0.4) is 0 Å². The van der Waals surface area contributed by atoms with Gasteiger partial charge in [0, 0.05) is 35.1 Å². The fraction of sp³-hybridized carbons (Fsp3) is 0.387. The topological polar surface area (TPSA) is 104 Å². The summed E-state index contributed by atoms with van der Waals surface area (Å²) in [4.78, 5) is 32.8. The maximum absolute atomic E-state index is 13.8. The Bertz CT molecular complexity index is 1380. The summed E-state index contributed by atoms with van der Waals surface area (Å²) in [5, 5.41) is 12.1. The Morgan fingerprint density at radius 1 is 1.10 bits per heavy atom. The summed E-state index contributed by atoms with van der Waals surface area (Å²) in [6.45, 7) is 3.80. The first kappa shape index (κ1) is 29.9. The second kappa shape index (κ2) is 14.5. The van der Waals surface area contributed by atoms with Crippen molar-refractivity contribution in [2.45, 2.75) is 38.8 Å². The molecule has 2 heterocycles. The molecule has 9 nitrogen and oxygen atoms in total. The zero-order chi connectivity index (χ0) is 29.2. The molecule has 0 unspecified atom stereocenters. The Morgan fingerprint density at radius 2 is 1.93 bits per heavy atom. The van der Waals surface area contributed by atoms with Crippen molar-refractivity contribution in [1.29, 1.82) is 5.26 Å². The molecule has 216 valence electrons. The van der Waals surface area contributed by atoms with E-state index in [1.165, 1.54) is 9.78 Å². The van der Waals surface area contributed by atoms with E-state index < -0.39 is 6.03 Å². The zero-order valence-corrected chi connectivity index (χ0v) is 24.5. The molecule has 0 saturated carbocycles. The van der Waals surface area contributed by atoms with E-state index in [0.29, 0.717) is 55.4 Å². The van der Waals surface area contributed by atoms with E-state index in [1.54, 1.807) is 54.7 Å². The molecule has 10 heteroatoms. The molecule has 0 radical (unpaired) electrons. The third kappa shape index (κ3) is 8.46. The van der Waals surface area contributed by atoms with Gasteiger partial charge in [-0.1, -0.05) is 12.1 Å². The molecule has 41 heavy (non-hydrogen) atoms. The molecule has 0 aliphatic carbocycles. The van der Waals surface area contributed by atoms with Gasteiger partial charge in [0.25, 0.3) is 0 Å². The SMILES string of the molecule is COc1ccc(CCN(Cc2ccc(C)s2)C(=O)CN(C[C@H]2CCCO2)C(=O)Nc2cccc(C#N)c2)cc1OC. The second-order valence-corrected chi connectivity index (χ2v) is 11.3. The van der Waals surface area contributed by atoms with E-state index in [4.69, 9.17) is 14.2 Å². The first-order chi connectivity index (χ1) is 19.9. The number of carbonyl (C=O) groups excluding carboxylic acids is 2. The van der Waals surface area contributed by atoms with E-state index in [-0.39, 0.29) is 18.6 Å². The molecular weight excluding hydrogens is 540 g/mol. The fourth-order valence-electron chi connectivity index (χ4n) is 4.74. The summed E-state index contributed by atoms with van der Waals surface area (Å²) in [5.41, 5.74) is 1.95. The van der Waals surface area contributed by atoms with Crippen molar-refractivity contribution in [2.75, 3.05) is 45.8 Å². The van der Waals surface area contributed by atoms with Gasteiger partial charge >= 0.3 is 6.03 Å². The average molecular weight is 577 g/mol. The van der Waals surface area contributed by atoms with Crippen LogP contribution >= 0.6 is 11.3 Å². The first-order valence-corrected chi connectivity index (χ1v) is 14.4. The van der Waals surface area contributed by atoms with E-state index in [9.17, 15) is 14.9 Å². The molecular formula is C31H36N4O5S. The van der Waals surface area contributed by atoms with Crippen molar-refractivity contribution < 1.29 is 23.8 Å². The van der Waals surface area contributed by atoms with Crippen LogP contribution < -0.4 is 14.8 Å². The van der Waals surface area contributed by atoms with Crippen molar-refractivity contribution >= 4 is 29.0 Å². The molecule has 2 aromatic carbocycles. The number of nitriles is 1. The number of aryl methyl sites for hydroxylation is 1. The maximum atomic E-state index is 13.8. The number of nitrogens with zero attached hydrogens (tertiary/aromatic N) is 3. The summed E-state index contributed by atoms with van der Waals surface area (Å²) in [5.74, 6) is 1.13. The highest BCUT2D eigenvalue weighted by atomic mass is 32.1. The lowest BCUT2D eigenvalue weighted by molar-refractivity contribution is -0.132. The Hall–Kier alpha value is -4.07. The van der Waals surface area contributed by atoms with Crippen molar-refractivity contribution in [3.63, 3.8) is 0 Å². The van der Waals surface area contributed by atoms with E-state index in [2.05, 4.69) is 11.4 Å². The molecule has 1 aromatic heterocycles. The van der Waals surface area contributed by atoms with Gasteiger partial charge in [-0.25, -0.2) is 4.79 Å². The monoisotopic (exact) mass is 576 g/mol. The van der Waals surface area contributed by atoms with Gasteiger partial charge in [-0.3, -0.25) is 4.79 Å². The predicted molar refractivity (Wildman–Crippen MR) is 158 cm³/mol. The molecule has 1 fully saturated rings. The second-order valence-electron chi connectivity index (χ2n) is 9.91. The van der Waals surface area contributed by atoms with Gasteiger partial charge < -0.3 is 29.3 Å². The van der Waals surface area contributed by atoms with Crippen LogP contribution in [-0.2, 0) is 22.5 Å². The van der Waals surface area contributed by atoms with Crippen LogP contribution in [0.25, 0.3) is 0 Å². The van der Waals surface area contributed by atoms with Crippen LogP contribution in [0.2, 0.25) is 0 Å². The number of carbonyl (C=O) groups is 2. The van der Waals surface area contributed by atoms with E-state index >= 15 is 0 Å². The van der Waals surface area contributed by atoms with Crippen LogP contribution in [0.5, 0.6) is 11.5 Å². The highest BCUT2D eigenvalue weighted by molar-refractivity contribution is 7.11. The Kier molecular flexibility index (Phi) is 10.6. The largest absolute Gasteiger partial charge is 0.493 e. The molecule has 0 bridgehead atoms. The zero-order valence-electron chi connectivity index (χ0n) is 23.7. The van der Waals surface area contributed by atoms with Crippen molar-refractivity contribution in [2.24, 2.45) is 0 Å². The molecule has 3 amide bonds. The summed E-state index contributed by atoms with van der Waals surface area (Å²) in [6.07, 6.45) is 2.24. The van der Waals surface area contributed by atoms with Gasteiger partial charge in [0.1, 0.15) is 6.54 Å². The van der Waals surface area contributed by atoms with Gasteiger partial charge in [0.15, 0.2) is 11.5 Å². The van der Waals surface area contributed by atoms with Gasteiger partial charge in [0.05, 0.1) is 38.5 Å². The number of urea groups is 1. The lowest BCUT2D eigenvalue weighted by atomic mass is 10.1. The number of nitrogens with one attached hydrogen (secondary N) is 1. The first-order valence-electron chi connectivity index (χ1n) is 13.6. The quantitative estimate of drug-likeness (QED) is 0.317. The van der Waals surface area contributed by atoms with Gasteiger partial charge in [-0.15, -0.1) is 11.3 Å². The van der Waals surface area contributed by atoms with Gasteiger partial charge in [-0.2, -0.15) is 5.26 Å². The van der Waals surface area contributed by atoms with Crippen LogP contribution in [0.15, 0.2) is 54.6 Å². The number of rotatable bonds is 12. The lowest BCUT2D eigenvalue weighted by Crippen LogP contribution is -2.47. The molecule has 1 atom stereocenters. The van der Waals surface area contributed by atoms with E-state index in [1.807, 2.05) is 37.3 Å². The molecule has 1 aliphatic rings. The minimum atomic E-state index is -0.407. The minimum Gasteiger partial charge on any atom is -0.493 e. The number of methoxy groups -OCH3 is 2. The molecule has 0 spiro atoms. The van der Waals surface area contributed by atoms with Crippen LogP contribution in [0.4, 0.5) is 10.5 Å². The molecule has 3 aromatic rings. The summed E-state index contributed by atoms with van der Waals surface area (Å²) < 4.78 is 16.6. The molecule has 1 saturated heterocycles. The Labute approximate surface area is 245 Å². The summed E-state index contributed by atoms with van der Waals surface area (Å²) in [6, 6.07) is 18.2. The number of benzene rings is 2. The molecule has 1 N–H and O–H groups in total. The summed E-state index contributed by atoms with van der Waals surface area (Å²) >= 11 is 1.65. The number of amides is 3. The highest BCUT2D eigenvalue weighted by Gasteiger charge is 2.27. The maximum Gasteiger partial charge on any atom is 0.322 e. The average Bonchev–Trinajstić information content (AvgIpc) is 3.66. The van der Waals surface area contributed by atoms with Crippen molar-refractivity contribution in [3.8, 4) is 17.6 Å². The standard InChI is InChI=1S/C31H36N4O5S/c1-22-9-11-27(41-22)20-34(14-13-23-10-12-28(38-2)29(17-23)39-3)30(36)21-35(19-26-8-5-15-40-26)31(37)33-25-7-4-6-24(16-25)18-32/h4,6-7,9-12,16-17,26H,5,8,13-15,19-21H2,1-3H3,(H,33,37)/t26-/m1/s1. The Morgan fingerprint density at radius 3 is 2.61 bits per heavy atom. The third-order valence-electron chi connectivity index (χ3n) is 6.92. The van der Waals surface area contributed by atoms with Gasteiger partial charge in [-0.05, 0) is 74.2 Å². The number of ether oxygens (including phenoxy) is 3. The minimum absolute atomic E-state index is 0.0973. The number of anilines is 1. The van der Waals surface area contributed by atoms with Crippen molar-refractivity contribution in [3.05, 3.63) is 75.5 Å². The summed E-state index contributed by atoms with van der Waals surface area (Å²) in [7, 11) is 3.19. The number of thiophene rings is 1. The normalized spacial score (nSPS) is 14.2. The number of hydrogen-bond donors (Lipinski definition) is 1. The fourth-order valence-corrected chi connectivity index (χ4v) is 5.64. The van der Waals surface area contributed by atoms with Crippen LogP contribution in [-0.4, -0.2) is 68.3 Å². The predicted octanol–water partition coefficient (Wildman–Crippen LogP) is 5.23. The molecule has 1 aliphatic heterocycles. The van der Waals surface area contributed by atoms with E-state index in [0.717, 1.165) is 23.3 Å². The smallest absolute Gasteiger partial charge is 0.322 e. The van der Waals surface area contributed by atoms with Gasteiger partial charge in [0.2, 0.25) is 5.91 Å². The van der Waals surface area contributed by atoms with Crippen LogP contribution in [0.1, 0.15) is 33.7 Å². The van der Waals surface area contributed by atoms with Crippen molar-refractivity contribution in [1.82, 2.24) is 9.80 Å². The Balaban J connectivity index is 1.51. The molecule has 4 rings (SSSR count). The third-order valence-corrected chi connectivity index (χ3v) is 7.90. The lowest BCUT2D eigenvalue weighted by Gasteiger charge is -2.29. The number of hydrogen-bond acceptors (Lipinski definition) is 7. The highest BCUT2D eigenvalue weighted by Crippen LogP contribution is 2.28. The van der Waals surface area contributed by atoms with Crippen LogP contribution in [0, 0.1) is 18.3 Å².